The molecule has 1 aliphatic rings. The average molecular weight is 560 g/mol. The first-order valence-electron chi connectivity index (χ1n) is 11.8. The lowest BCUT2D eigenvalue weighted by molar-refractivity contribution is -0.125. The standard InChI is InChI=1S/C27H28BrF2N3O3/c1-17-12-24(36-16-21-6-7-22(29)13-23(21)30)25(28)27(35)33(17)15-19-4-2-18(3-5-19)14-32-26(34)20-8-10-31-11-9-20/h2-7,12-13,20,31H,8-11,14-16H2,1H3,(H,32,34). The normalized spacial score (nSPS) is 14.0. The molecule has 1 fully saturated rings. The van der Waals surface area contributed by atoms with E-state index in [1.54, 1.807) is 17.6 Å². The first kappa shape index (κ1) is 26.0. The van der Waals surface area contributed by atoms with Crippen LogP contribution < -0.4 is 20.9 Å². The highest BCUT2D eigenvalue weighted by molar-refractivity contribution is 9.10. The van der Waals surface area contributed by atoms with Crippen molar-refractivity contribution in [2.24, 2.45) is 5.92 Å². The number of piperidine rings is 1. The van der Waals surface area contributed by atoms with Crippen molar-refractivity contribution in [1.82, 2.24) is 15.2 Å². The van der Waals surface area contributed by atoms with Crippen molar-refractivity contribution in [3.05, 3.63) is 97.4 Å². The zero-order valence-electron chi connectivity index (χ0n) is 20.0. The van der Waals surface area contributed by atoms with Gasteiger partial charge in [-0.1, -0.05) is 24.3 Å². The Hall–Kier alpha value is -3.04. The zero-order valence-corrected chi connectivity index (χ0v) is 21.5. The maximum Gasteiger partial charge on any atom is 0.269 e. The van der Waals surface area contributed by atoms with E-state index in [0.29, 0.717) is 18.8 Å². The molecule has 0 radical (unpaired) electrons. The van der Waals surface area contributed by atoms with Gasteiger partial charge >= 0.3 is 0 Å². The van der Waals surface area contributed by atoms with Gasteiger partial charge in [0.2, 0.25) is 5.91 Å². The van der Waals surface area contributed by atoms with Gasteiger partial charge in [-0.15, -0.1) is 0 Å². The molecule has 0 spiro atoms. The predicted octanol–water partition coefficient (Wildman–Crippen LogP) is 4.44. The number of nitrogens with one attached hydrogen (secondary N) is 2. The molecule has 3 aromatic rings. The Balaban J connectivity index is 1.38. The lowest BCUT2D eigenvalue weighted by atomic mass is 9.97. The number of rotatable bonds is 8. The van der Waals surface area contributed by atoms with Crippen LogP contribution in [0.4, 0.5) is 8.78 Å². The largest absolute Gasteiger partial charge is 0.487 e. The summed E-state index contributed by atoms with van der Waals surface area (Å²) in [5, 5.41) is 6.28. The third kappa shape index (κ3) is 6.39. The van der Waals surface area contributed by atoms with Gasteiger partial charge in [0.15, 0.2) is 0 Å². The summed E-state index contributed by atoms with van der Waals surface area (Å²) >= 11 is 3.30. The van der Waals surface area contributed by atoms with Crippen molar-refractivity contribution in [3.63, 3.8) is 0 Å². The van der Waals surface area contributed by atoms with E-state index >= 15 is 0 Å². The van der Waals surface area contributed by atoms with Crippen molar-refractivity contribution < 1.29 is 18.3 Å². The van der Waals surface area contributed by atoms with Crippen LogP contribution in [0.1, 0.15) is 35.2 Å². The number of halogens is 3. The van der Waals surface area contributed by atoms with E-state index in [2.05, 4.69) is 26.6 Å². The molecule has 0 aliphatic carbocycles. The molecule has 0 saturated carbocycles. The van der Waals surface area contributed by atoms with Gasteiger partial charge in [0.25, 0.3) is 5.56 Å². The SMILES string of the molecule is Cc1cc(OCc2ccc(F)cc2F)c(Br)c(=O)n1Cc1ccc(CNC(=O)C2CCNCC2)cc1. The molecule has 1 aromatic heterocycles. The first-order chi connectivity index (χ1) is 17.3. The minimum Gasteiger partial charge on any atom is -0.487 e. The fourth-order valence-electron chi connectivity index (χ4n) is 4.17. The Morgan fingerprint density at radius 1 is 1.11 bits per heavy atom. The highest BCUT2D eigenvalue weighted by atomic mass is 79.9. The van der Waals surface area contributed by atoms with E-state index in [0.717, 1.165) is 49.2 Å². The molecule has 1 amide bonds. The van der Waals surface area contributed by atoms with Crippen LogP contribution in [-0.4, -0.2) is 23.6 Å². The first-order valence-corrected chi connectivity index (χ1v) is 12.6. The van der Waals surface area contributed by atoms with Crippen LogP contribution >= 0.6 is 15.9 Å². The number of carbonyl (C=O) groups is 1. The number of nitrogens with zero attached hydrogens (tertiary/aromatic N) is 1. The molecule has 1 aliphatic heterocycles. The molecule has 36 heavy (non-hydrogen) atoms. The highest BCUT2D eigenvalue weighted by Gasteiger charge is 2.20. The summed E-state index contributed by atoms with van der Waals surface area (Å²) in [5.74, 6) is -0.911. The summed E-state index contributed by atoms with van der Waals surface area (Å²) in [6.07, 6.45) is 1.72. The van der Waals surface area contributed by atoms with E-state index < -0.39 is 11.6 Å². The quantitative estimate of drug-likeness (QED) is 0.428. The summed E-state index contributed by atoms with van der Waals surface area (Å²) in [6.45, 7) is 4.24. The number of amides is 1. The fraction of sp³-hybridized carbons (Fsp3) is 0.333. The molecule has 0 atom stereocenters. The van der Waals surface area contributed by atoms with Crippen LogP contribution in [0.2, 0.25) is 0 Å². The summed E-state index contributed by atoms with van der Waals surface area (Å²) < 4.78 is 34.5. The molecule has 6 nitrogen and oxygen atoms in total. The third-order valence-electron chi connectivity index (χ3n) is 6.35. The predicted molar refractivity (Wildman–Crippen MR) is 137 cm³/mol. The van der Waals surface area contributed by atoms with E-state index in [4.69, 9.17) is 4.74 Å². The zero-order chi connectivity index (χ0) is 25.7. The maximum atomic E-state index is 13.9. The van der Waals surface area contributed by atoms with E-state index in [1.165, 1.54) is 6.07 Å². The van der Waals surface area contributed by atoms with Gasteiger partial charge in [-0.05, 0) is 72.0 Å². The molecule has 2 aromatic carbocycles. The van der Waals surface area contributed by atoms with Gasteiger partial charge in [-0.25, -0.2) is 8.78 Å². The number of aromatic nitrogens is 1. The van der Waals surface area contributed by atoms with Gasteiger partial charge in [0.1, 0.15) is 28.5 Å². The van der Waals surface area contributed by atoms with Gasteiger partial charge in [-0.2, -0.15) is 0 Å². The second kappa shape index (κ2) is 11.8. The second-order valence-electron chi connectivity index (χ2n) is 8.94. The smallest absolute Gasteiger partial charge is 0.269 e. The van der Waals surface area contributed by atoms with Gasteiger partial charge in [0.05, 0.1) is 6.54 Å². The molecule has 2 heterocycles. The minimum absolute atomic E-state index is 0.0699. The Labute approximate surface area is 216 Å². The van der Waals surface area contributed by atoms with Crippen molar-refractivity contribution in [2.75, 3.05) is 13.1 Å². The Morgan fingerprint density at radius 2 is 1.81 bits per heavy atom. The number of benzene rings is 2. The lowest BCUT2D eigenvalue weighted by Gasteiger charge is -2.21. The number of aryl methyl sites for hydroxylation is 1. The molecule has 9 heteroatoms. The number of carbonyl (C=O) groups excluding carboxylic acids is 1. The topological polar surface area (TPSA) is 72.4 Å². The minimum atomic E-state index is -0.703. The Morgan fingerprint density at radius 3 is 2.50 bits per heavy atom. The van der Waals surface area contributed by atoms with Crippen molar-refractivity contribution >= 4 is 21.8 Å². The number of ether oxygens (including phenoxy) is 1. The summed E-state index contributed by atoms with van der Waals surface area (Å²) in [7, 11) is 0. The average Bonchev–Trinajstić information content (AvgIpc) is 2.88. The van der Waals surface area contributed by atoms with Gasteiger partial charge in [0, 0.05) is 35.9 Å². The number of pyridine rings is 1. The van der Waals surface area contributed by atoms with Crippen LogP contribution in [0.25, 0.3) is 0 Å². The Kier molecular flexibility index (Phi) is 8.53. The van der Waals surface area contributed by atoms with Gasteiger partial charge in [-0.3, -0.25) is 9.59 Å². The van der Waals surface area contributed by atoms with Crippen LogP contribution in [-0.2, 0) is 24.5 Å². The van der Waals surface area contributed by atoms with Gasteiger partial charge < -0.3 is 19.9 Å². The van der Waals surface area contributed by atoms with Crippen LogP contribution in [0.5, 0.6) is 5.75 Å². The highest BCUT2D eigenvalue weighted by Crippen LogP contribution is 2.24. The van der Waals surface area contributed by atoms with E-state index in [-0.39, 0.29) is 39.8 Å². The Bertz CT molecular complexity index is 1290. The summed E-state index contributed by atoms with van der Waals surface area (Å²) in [5.41, 5.74) is 2.52. The summed E-state index contributed by atoms with van der Waals surface area (Å²) in [4.78, 5) is 25.3. The fourth-order valence-corrected chi connectivity index (χ4v) is 4.62. The molecule has 190 valence electrons. The van der Waals surface area contributed by atoms with E-state index in [1.807, 2.05) is 24.3 Å². The molecule has 0 unspecified atom stereocenters. The monoisotopic (exact) mass is 559 g/mol. The van der Waals surface area contributed by atoms with Crippen molar-refractivity contribution in [2.45, 2.75) is 39.5 Å². The number of hydrogen-bond acceptors (Lipinski definition) is 4. The number of hydrogen-bond donors (Lipinski definition) is 2. The van der Waals surface area contributed by atoms with Crippen LogP contribution in [0.15, 0.2) is 57.8 Å². The van der Waals surface area contributed by atoms with Crippen molar-refractivity contribution in [1.29, 1.82) is 0 Å². The molecule has 2 N–H and O–H groups in total. The molecule has 0 bridgehead atoms. The third-order valence-corrected chi connectivity index (χ3v) is 7.08. The summed E-state index contributed by atoms with van der Waals surface area (Å²) in [6, 6.07) is 12.7. The molecular formula is C27H28BrF2N3O3. The van der Waals surface area contributed by atoms with Crippen LogP contribution in [0.3, 0.4) is 0 Å². The molecule has 1 saturated heterocycles. The second-order valence-corrected chi connectivity index (χ2v) is 9.73. The maximum absolute atomic E-state index is 13.9. The lowest BCUT2D eigenvalue weighted by Crippen LogP contribution is -2.37. The van der Waals surface area contributed by atoms with Crippen molar-refractivity contribution in [3.8, 4) is 5.75 Å². The molecule has 4 rings (SSSR count). The van der Waals surface area contributed by atoms with E-state index in [9.17, 15) is 18.4 Å². The van der Waals surface area contributed by atoms with Crippen LogP contribution in [0, 0.1) is 24.5 Å². The molecular weight excluding hydrogens is 532 g/mol.